The molecule has 13 heavy (non-hydrogen) atoms. The van der Waals surface area contributed by atoms with E-state index in [1.165, 1.54) is 17.7 Å². The molecule has 72 valence electrons. The summed E-state index contributed by atoms with van der Waals surface area (Å²) in [6.07, 6.45) is 5.20. The van der Waals surface area contributed by atoms with Crippen molar-refractivity contribution in [1.82, 2.24) is 0 Å². The minimum absolute atomic E-state index is 0. The van der Waals surface area contributed by atoms with Gasteiger partial charge in [-0.05, 0) is 6.07 Å². The van der Waals surface area contributed by atoms with Crippen molar-refractivity contribution < 1.29 is 28.5 Å². The Hall–Kier alpha value is -0.380. The van der Waals surface area contributed by atoms with Crippen molar-refractivity contribution >= 4 is 6.08 Å². The Labute approximate surface area is 97.5 Å². The zero-order valence-electron chi connectivity index (χ0n) is 8.26. The lowest BCUT2D eigenvalue weighted by Crippen LogP contribution is -3.00. The van der Waals surface area contributed by atoms with E-state index in [9.17, 15) is 0 Å². The van der Waals surface area contributed by atoms with E-state index in [4.69, 9.17) is 0 Å². The lowest BCUT2D eigenvalue weighted by molar-refractivity contribution is -0.702. The van der Waals surface area contributed by atoms with Crippen molar-refractivity contribution in [2.24, 2.45) is 0 Å². The molecule has 1 rings (SSSR count). The van der Waals surface area contributed by atoms with E-state index in [0.717, 1.165) is 6.54 Å². The number of nitrogens with zero attached hydrogens (tertiary/aromatic N) is 1. The molecule has 0 aliphatic heterocycles. The average molecular weight is 289 g/mol. The Morgan fingerprint density at radius 3 is 2.69 bits per heavy atom. The fourth-order valence-corrected chi connectivity index (χ4v) is 1.24. The van der Waals surface area contributed by atoms with Crippen LogP contribution in [0.15, 0.2) is 24.9 Å². The van der Waals surface area contributed by atoms with E-state index < -0.39 is 0 Å². The van der Waals surface area contributed by atoms with Crippen LogP contribution in [0.3, 0.4) is 0 Å². The zero-order chi connectivity index (χ0) is 8.97. The third kappa shape index (κ3) is 3.46. The van der Waals surface area contributed by atoms with Gasteiger partial charge in [0.2, 0.25) is 0 Å². The highest BCUT2D eigenvalue weighted by molar-refractivity contribution is 5.43. The molecule has 0 saturated carbocycles. The van der Waals surface area contributed by atoms with Crippen LogP contribution in [0.25, 0.3) is 6.08 Å². The topological polar surface area (TPSA) is 3.88 Å². The van der Waals surface area contributed by atoms with Crippen LogP contribution in [0.1, 0.15) is 24.6 Å². The largest absolute Gasteiger partial charge is 1.00 e. The summed E-state index contributed by atoms with van der Waals surface area (Å²) in [5, 5.41) is 0. The van der Waals surface area contributed by atoms with E-state index in [0.29, 0.717) is 0 Å². The van der Waals surface area contributed by atoms with E-state index >= 15 is 0 Å². The fraction of sp³-hybridized carbons (Fsp3) is 0.364. The Morgan fingerprint density at radius 2 is 2.15 bits per heavy atom. The number of halogens is 1. The smallest absolute Gasteiger partial charge is 0.178 e. The van der Waals surface area contributed by atoms with Crippen molar-refractivity contribution in [3.63, 3.8) is 0 Å². The maximum atomic E-state index is 3.75. The van der Waals surface area contributed by atoms with Gasteiger partial charge in [0.25, 0.3) is 0 Å². The number of hydrogen-bond donors (Lipinski definition) is 0. The molecule has 0 bridgehead atoms. The van der Waals surface area contributed by atoms with Gasteiger partial charge in [0.15, 0.2) is 11.9 Å². The second-order valence-electron chi connectivity index (χ2n) is 3.00. The van der Waals surface area contributed by atoms with Crippen LogP contribution in [0, 0.1) is 6.92 Å². The Morgan fingerprint density at radius 1 is 1.46 bits per heavy atom. The molecule has 2 heteroatoms. The monoisotopic (exact) mass is 289 g/mol. The number of aromatic nitrogens is 1. The predicted octanol–water partition coefficient (Wildman–Crippen LogP) is -0.660. The van der Waals surface area contributed by atoms with Crippen LogP contribution >= 0.6 is 0 Å². The Kier molecular flexibility index (Phi) is 5.95. The second kappa shape index (κ2) is 6.13. The summed E-state index contributed by atoms with van der Waals surface area (Å²) < 4.78 is 2.26. The van der Waals surface area contributed by atoms with Crippen molar-refractivity contribution in [2.45, 2.75) is 26.8 Å². The van der Waals surface area contributed by atoms with Crippen LogP contribution in [-0.4, -0.2) is 0 Å². The second-order valence-corrected chi connectivity index (χ2v) is 3.00. The van der Waals surface area contributed by atoms with Gasteiger partial charge in [0.05, 0.1) is 0 Å². The van der Waals surface area contributed by atoms with E-state index in [1.807, 2.05) is 6.08 Å². The molecular formula is C11H16IN. The molecule has 0 unspecified atom stereocenters. The molecule has 0 amide bonds. The van der Waals surface area contributed by atoms with E-state index in [2.05, 4.69) is 43.3 Å². The first-order chi connectivity index (χ1) is 5.77. The molecule has 0 radical (unpaired) electrons. The molecule has 0 saturated heterocycles. The molecular weight excluding hydrogens is 273 g/mol. The normalized spacial score (nSPS) is 9.08. The molecule has 0 N–H and O–H groups in total. The highest BCUT2D eigenvalue weighted by Crippen LogP contribution is 1.99. The third-order valence-corrected chi connectivity index (χ3v) is 1.98. The molecule has 0 fully saturated rings. The van der Waals surface area contributed by atoms with Crippen LogP contribution in [0.4, 0.5) is 0 Å². The van der Waals surface area contributed by atoms with Crippen molar-refractivity contribution in [3.8, 4) is 0 Å². The van der Waals surface area contributed by atoms with Crippen molar-refractivity contribution in [2.75, 3.05) is 0 Å². The third-order valence-electron chi connectivity index (χ3n) is 1.98. The molecule has 0 aromatic carbocycles. The van der Waals surface area contributed by atoms with Gasteiger partial charge in [0.1, 0.15) is 6.54 Å². The lowest BCUT2D eigenvalue weighted by Gasteiger charge is -1.98. The van der Waals surface area contributed by atoms with Crippen LogP contribution in [0.2, 0.25) is 0 Å². The molecule has 0 aliphatic rings. The first-order valence-corrected chi connectivity index (χ1v) is 4.40. The molecule has 0 aliphatic carbocycles. The molecule has 0 atom stereocenters. The lowest BCUT2D eigenvalue weighted by atomic mass is 10.2. The first-order valence-electron chi connectivity index (χ1n) is 4.40. The van der Waals surface area contributed by atoms with Gasteiger partial charge in [-0.3, -0.25) is 0 Å². The van der Waals surface area contributed by atoms with Gasteiger partial charge < -0.3 is 24.0 Å². The summed E-state index contributed by atoms with van der Waals surface area (Å²) >= 11 is 0. The molecule has 1 aromatic heterocycles. The van der Waals surface area contributed by atoms with E-state index in [-0.39, 0.29) is 24.0 Å². The van der Waals surface area contributed by atoms with Gasteiger partial charge in [-0.15, -0.1) is 0 Å². The highest BCUT2D eigenvalue weighted by Gasteiger charge is 2.03. The zero-order valence-corrected chi connectivity index (χ0v) is 10.4. The van der Waals surface area contributed by atoms with Crippen LogP contribution in [0.5, 0.6) is 0 Å². The summed E-state index contributed by atoms with van der Waals surface area (Å²) in [6, 6.07) is 4.22. The van der Waals surface area contributed by atoms with E-state index in [1.54, 1.807) is 0 Å². The number of rotatable bonds is 3. The van der Waals surface area contributed by atoms with Gasteiger partial charge in [-0.2, -0.15) is 0 Å². The summed E-state index contributed by atoms with van der Waals surface area (Å²) in [5.41, 5.74) is 2.50. The first kappa shape index (κ1) is 12.6. The highest BCUT2D eigenvalue weighted by atomic mass is 127. The molecule has 1 aromatic rings. The number of hydrogen-bond acceptors (Lipinski definition) is 0. The van der Waals surface area contributed by atoms with Crippen molar-refractivity contribution in [3.05, 3.63) is 36.2 Å². The van der Waals surface area contributed by atoms with Crippen LogP contribution in [-0.2, 0) is 6.54 Å². The quantitative estimate of drug-likeness (QED) is 0.514. The minimum Gasteiger partial charge on any atom is -1.00 e. The maximum absolute atomic E-state index is 3.75. The number of aryl methyl sites for hydroxylation is 2. The SMILES string of the molecule is C=Cc1ccc(C)[n+](CCC)c1.[I-]. The summed E-state index contributed by atoms with van der Waals surface area (Å²) in [4.78, 5) is 0. The van der Waals surface area contributed by atoms with Gasteiger partial charge in [-0.1, -0.05) is 19.6 Å². The summed E-state index contributed by atoms with van der Waals surface area (Å²) in [6.45, 7) is 9.15. The van der Waals surface area contributed by atoms with Gasteiger partial charge in [0, 0.05) is 25.0 Å². The Balaban J connectivity index is 0.00000144. The summed E-state index contributed by atoms with van der Waals surface area (Å²) in [5.74, 6) is 0. The Bertz CT molecular complexity index is 281. The van der Waals surface area contributed by atoms with Crippen LogP contribution < -0.4 is 28.5 Å². The fourth-order valence-electron chi connectivity index (χ4n) is 1.24. The molecule has 1 heterocycles. The van der Waals surface area contributed by atoms with Gasteiger partial charge >= 0.3 is 0 Å². The average Bonchev–Trinajstić information content (AvgIpc) is 2.09. The standard InChI is InChI=1S/C11H16N.HI/c1-4-8-12-9-11(5-2)7-6-10(12)3;/h5-7,9H,2,4,8H2,1,3H3;1H/q+1;/p-1. The summed E-state index contributed by atoms with van der Waals surface area (Å²) in [7, 11) is 0. The number of pyridine rings is 1. The van der Waals surface area contributed by atoms with Crippen molar-refractivity contribution in [1.29, 1.82) is 0 Å². The molecule has 0 spiro atoms. The maximum Gasteiger partial charge on any atom is 0.178 e. The molecule has 1 nitrogen and oxygen atoms in total. The van der Waals surface area contributed by atoms with Gasteiger partial charge in [-0.25, -0.2) is 4.57 Å². The predicted molar refractivity (Wildman–Crippen MR) is 51.8 cm³/mol. The minimum atomic E-state index is 0.